The summed E-state index contributed by atoms with van der Waals surface area (Å²) in [6.07, 6.45) is 5.40. The van der Waals surface area contributed by atoms with Crippen LogP contribution >= 0.6 is 0 Å². The molecule has 0 aromatic heterocycles. The van der Waals surface area contributed by atoms with Crippen molar-refractivity contribution in [3.8, 4) is 5.75 Å². The third kappa shape index (κ3) is 5.13. The summed E-state index contributed by atoms with van der Waals surface area (Å²) in [6, 6.07) is 11.0. The van der Waals surface area contributed by atoms with Crippen LogP contribution in [0.2, 0.25) is 0 Å². The lowest BCUT2D eigenvalue weighted by Gasteiger charge is -2.22. The zero-order valence-electron chi connectivity index (χ0n) is 18.7. The van der Waals surface area contributed by atoms with E-state index in [1.807, 2.05) is 0 Å². The average Bonchev–Trinajstić information content (AvgIpc) is 3.07. The normalized spacial score (nSPS) is 17.1. The molecular weight excluding hydrogens is 442 g/mol. The van der Waals surface area contributed by atoms with Gasteiger partial charge in [0.2, 0.25) is 5.91 Å². The van der Waals surface area contributed by atoms with Crippen molar-refractivity contribution in [1.29, 1.82) is 0 Å². The number of benzene rings is 2. The van der Waals surface area contributed by atoms with Crippen LogP contribution in [0.25, 0.3) is 0 Å². The third-order valence-electron chi connectivity index (χ3n) is 6.11. The van der Waals surface area contributed by atoms with Gasteiger partial charge in [-0.3, -0.25) is 14.3 Å². The highest BCUT2D eigenvalue weighted by molar-refractivity contribution is 7.92. The fourth-order valence-electron chi connectivity index (χ4n) is 4.31. The van der Waals surface area contributed by atoms with Crippen LogP contribution in [-0.4, -0.2) is 51.9 Å². The number of ether oxygens (including phenoxy) is 1. The van der Waals surface area contributed by atoms with Gasteiger partial charge < -0.3 is 14.5 Å². The number of methoxy groups -OCH3 is 1. The number of carbonyl (C=O) groups is 2. The first-order chi connectivity index (χ1) is 15.9. The van der Waals surface area contributed by atoms with Crippen molar-refractivity contribution in [3.63, 3.8) is 0 Å². The molecule has 0 radical (unpaired) electrons. The van der Waals surface area contributed by atoms with Crippen LogP contribution < -0.4 is 14.4 Å². The first kappa shape index (κ1) is 23.1. The molecule has 0 unspecified atom stereocenters. The summed E-state index contributed by atoms with van der Waals surface area (Å²) in [5.74, 6) is 0.205. The maximum Gasteiger partial charge on any atom is 0.261 e. The summed E-state index contributed by atoms with van der Waals surface area (Å²) in [5, 5.41) is 0. The van der Waals surface area contributed by atoms with Gasteiger partial charge in [0.1, 0.15) is 5.75 Å². The zero-order valence-corrected chi connectivity index (χ0v) is 19.6. The summed E-state index contributed by atoms with van der Waals surface area (Å²) in [4.78, 5) is 28.5. The van der Waals surface area contributed by atoms with Crippen LogP contribution in [0.4, 0.5) is 11.4 Å². The second-order valence-electron chi connectivity index (χ2n) is 8.37. The molecular formula is C24H29N3O5S. The summed E-state index contributed by atoms with van der Waals surface area (Å²) < 4.78 is 34.0. The topological polar surface area (TPSA) is 96.0 Å². The minimum atomic E-state index is -3.93. The van der Waals surface area contributed by atoms with E-state index in [4.69, 9.17) is 4.74 Å². The van der Waals surface area contributed by atoms with Crippen LogP contribution in [0.15, 0.2) is 47.4 Å². The third-order valence-corrected chi connectivity index (χ3v) is 7.49. The van der Waals surface area contributed by atoms with E-state index in [2.05, 4.69) is 4.72 Å². The SMILES string of the molecule is COc1ccc(S(=O)(=O)Nc2ccc(N3CCCC3=O)cc2)cc1C(=O)N1CCCCCC1. The molecule has 176 valence electrons. The highest BCUT2D eigenvalue weighted by Crippen LogP contribution is 2.28. The predicted octanol–water partition coefficient (Wildman–Crippen LogP) is 3.64. The second kappa shape index (κ2) is 9.82. The molecule has 2 fully saturated rings. The Kier molecular flexibility index (Phi) is 6.88. The number of sulfonamides is 1. The first-order valence-corrected chi connectivity index (χ1v) is 12.8. The predicted molar refractivity (Wildman–Crippen MR) is 126 cm³/mol. The van der Waals surface area contributed by atoms with Crippen molar-refractivity contribution in [2.24, 2.45) is 0 Å². The van der Waals surface area contributed by atoms with Gasteiger partial charge in [0.15, 0.2) is 0 Å². The van der Waals surface area contributed by atoms with Gasteiger partial charge in [-0.25, -0.2) is 8.42 Å². The van der Waals surface area contributed by atoms with Crippen molar-refractivity contribution in [3.05, 3.63) is 48.0 Å². The summed E-state index contributed by atoms with van der Waals surface area (Å²) in [7, 11) is -2.47. The molecule has 4 rings (SSSR count). The zero-order chi connectivity index (χ0) is 23.4. The average molecular weight is 472 g/mol. The lowest BCUT2D eigenvalue weighted by molar-refractivity contribution is -0.117. The first-order valence-electron chi connectivity index (χ1n) is 11.3. The molecule has 2 aliphatic rings. The number of likely N-dealkylation sites (tertiary alicyclic amines) is 1. The Balaban J connectivity index is 1.55. The Morgan fingerprint density at radius 1 is 0.939 bits per heavy atom. The van der Waals surface area contributed by atoms with E-state index in [0.717, 1.165) is 37.8 Å². The number of nitrogens with one attached hydrogen (secondary N) is 1. The monoisotopic (exact) mass is 471 g/mol. The van der Waals surface area contributed by atoms with E-state index in [1.54, 1.807) is 34.1 Å². The van der Waals surface area contributed by atoms with Gasteiger partial charge >= 0.3 is 0 Å². The van der Waals surface area contributed by atoms with E-state index in [0.29, 0.717) is 37.5 Å². The highest BCUT2D eigenvalue weighted by atomic mass is 32.2. The van der Waals surface area contributed by atoms with Crippen molar-refractivity contribution in [2.45, 2.75) is 43.4 Å². The molecule has 2 aliphatic heterocycles. The van der Waals surface area contributed by atoms with E-state index >= 15 is 0 Å². The quantitative estimate of drug-likeness (QED) is 0.694. The van der Waals surface area contributed by atoms with Gasteiger partial charge in [-0.05, 0) is 61.7 Å². The second-order valence-corrected chi connectivity index (χ2v) is 10.1. The molecule has 2 aromatic rings. The van der Waals surface area contributed by atoms with Gasteiger partial charge in [0, 0.05) is 37.4 Å². The molecule has 0 bridgehead atoms. The lowest BCUT2D eigenvalue weighted by atomic mass is 10.1. The van der Waals surface area contributed by atoms with Crippen LogP contribution in [0.3, 0.4) is 0 Å². The molecule has 8 nitrogen and oxygen atoms in total. The van der Waals surface area contributed by atoms with Gasteiger partial charge in [0.25, 0.3) is 15.9 Å². The fourth-order valence-corrected chi connectivity index (χ4v) is 5.39. The maximum absolute atomic E-state index is 13.2. The number of hydrogen-bond donors (Lipinski definition) is 1. The number of rotatable bonds is 6. The number of nitrogens with zero attached hydrogens (tertiary/aromatic N) is 2. The number of hydrogen-bond acceptors (Lipinski definition) is 5. The van der Waals surface area contributed by atoms with Crippen molar-refractivity contribution in [1.82, 2.24) is 4.90 Å². The van der Waals surface area contributed by atoms with Gasteiger partial charge in [-0.15, -0.1) is 0 Å². The largest absolute Gasteiger partial charge is 0.496 e. The standard InChI is InChI=1S/C24H29N3O5S/c1-32-22-13-12-20(17-21(22)24(29)26-14-4-2-3-5-15-26)33(30,31)25-18-8-10-19(11-9-18)27-16-6-7-23(27)28/h8-13,17,25H,2-7,14-16H2,1H3. The van der Waals surface area contributed by atoms with E-state index in [-0.39, 0.29) is 22.3 Å². The van der Waals surface area contributed by atoms with E-state index < -0.39 is 10.0 Å². The van der Waals surface area contributed by atoms with Gasteiger partial charge in [-0.1, -0.05) is 12.8 Å². The number of anilines is 2. The summed E-state index contributed by atoms with van der Waals surface area (Å²) >= 11 is 0. The Bertz CT molecular complexity index is 1120. The molecule has 2 aromatic carbocycles. The summed E-state index contributed by atoms with van der Waals surface area (Å²) in [6.45, 7) is 1.98. The molecule has 2 amide bonds. The highest BCUT2D eigenvalue weighted by Gasteiger charge is 2.25. The van der Waals surface area contributed by atoms with Crippen molar-refractivity contribution < 1.29 is 22.7 Å². The van der Waals surface area contributed by atoms with E-state index in [1.165, 1.54) is 25.3 Å². The van der Waals surface area contributed by atoms with Crippen molar-refractivity contribution >= 4 is 33.2 Å². The molecule has 1 N–H and O–H groups in total. The number of carbonyl (C=O) groups excluding carboxylic acids is 2. The van der Waals surface area contributed by atoms with Crippen LogP contribution in [0, 0.1) is 0 Å². The maximum atomic E-state index is 13.2. The minimum absolute atomic E-state index is 0.0136. The Labute approximate surface area is 194 Å². The molecule has 0 aliphatic carbocycles. The Morgan fingerprint density at radius 3 is 2.24 bits per heavy atom. The minimum Gasteiger partial charge on any atom is -0.496 e. The van der Waals surface area contributed by atoms with Gasteiger partial charge in [0.05, 0.1) is 17.6 Å². The molecule has 0 atom stereocenters. The van der Waals surface area contributed by atoms with Crippen LogP contribution in [0.1, 0.15) is 48.9 Å². The van der Waals surface area contributed by atoms with Crippen molar-refractivity contribution in [2.75, 3.05) is 36.4 Å². The summed E-state index contributed by atoms with van der Waals surface area (Å²) in [5.41, 5.74) is 1.36. The molecule has 2 saturated heterocycles. The Hall–Kier alpha value is -3.07. The Morgan fingerprint density at radius 2 is 1.64 bits per heavy atom. The number of amides is 2. The van der Waals surface area contributed by atoms with Crippen LogP contribution in [0.5, 0.6) is 5.75 Å². The fraction of sp³-hybridized carbons (Fsp3) is 0.417. The van der Waals surface area contributed by atoms with Crippen LogP contribution in [-0.2, 0) is 14.8 Å². The van der Waals surface area contributed by atoms with E-state index in [9.17, 15) is 18.0 Å². The molecule has 9 heteroatoms. The molecule has 33 heavy (non-hydrogen) atoms. The molecule has 0 spiro atoms. The van der Waals surface area contributed by atoms with Gasteiger partial charge in [-0.2, -0.15) is 0 Å². The molecule has 0 saturated carbocycles. The molecule has 2 heterocycles. The smallest absolute Gasteiger partial charge is 0.261 e. The lowest BCUT2D eigenvalue weighted by Crippen LogP contribution is -2.32.